The Bertz CT molecular complexity index is 366. The van der Waals surface area contributed by atoms with Crippen LogP contribution in [0, 0.1) is 0 Å². The van der Waals surface area contributed by atoms with Gasteiger partial charge in [-0.2, -0.15) is 30.6 Å². The summed E-state index contributed by atoms with van der Waals surface area (Å²) < 4.78 is 60.3. The Morgan fingerprint density at radius 3 is 2.50 bits per heavy atom. The number of hydrogen-bond acceptors (Lipinski definition) is 3. The lowest BCUT2D eigenvalue weighted by Crippen LogP contribution is -2.48. The van der Waals surface area contributed by atoms with E-state index in [0.717, 1.165) is 4.31 Å². The van der Waals surface area contributed by atoms with E-state index in [1.807, 2.05) is 0 Å². The van der Waals surface area contributed by atoms with E-state index in [2.05, 4.69) is 0 Å². The van der Waals surface area contributed by atoms with Crippen molar-refractivity contribution in [3.63, 3.8) is 0 Å². The Morgan fingerprint density at radius 1 is 1.38 bits per heavy atom. The summed E-state index contributed by atoms with van der Waals surface area (Å²) in [6, 6.07) is 0. The lowest BCUT2D eigenvalue weighted by atomic mass is 10.1. The van der Waals surface area contributed by atoms with Gasteiger partial charge >= 0.3 is 6.18 Å². The summed E-state index contributed by atoms with van der Waals surface area (Å²) in [7, 11) is -4.21. The normalized spacial score (nSPS) is 20.1. The number of alkyl halides is 3. The van der Waals surface area contributed by atoms with Crippen LogP contribution in [-0.4, -0.2) is 44.3 Å². The van der Waals surface area contributed by atoms with E-state index >= 15 is 0 Å². The average Bonchev–Trinajstić information content (AvgIpc) is 2.14. The van der Waals surface area contributed by atoms with Gasteiger partial charge in [-0.1, -0.05) is 0 Å². The van der Waals surface area contributed by atoms with Crippen LogP contribution in [0.2, 0.25) is 0 Å². The van der Waals surface area contributed by atoms with Crippen LogP contribution in [0.1, 0.15) is 12.8 Å². The number of Topliss-reactive ketones (excluding diaryl/α,β-unsaturated/α-hetero) is 1. The summed E-state index contributed by atoms with van der Waals surface area (Å²) in [4.78, 5) is 11.0. The zero-order chi connectivity index (χ0) is 12.4. The first-order valence-corrected chi connectivity index (χ1v) is 5.98. The lowest BCUT2D eigenvalue weighted by molar-refractivity contribution is -0.121. The molecular formula is C7H11F3N2O3S. The standard InChI is InChI=1S/C7H11F3N2O3S/c8-7(9,10)5-11-16(14,15)12-3-1-2-6(13)4-12/h11H,1-5H2. The molecule has 1 aliphatic heterocycles. The minimum Gasteiger partial charge on any atom is -0.298 e. The largest absolute Gasteiger partial charge is 0.402 e. The molecule has 16 heavy (non-hydrogen) atoms. The number of nitrogens with one attached hydrogen (secondary N) is 1. The molecule has 0 aromatic rings. The second kappa shape index (κ2) is 4.68. The van der Waals surface area contributed by atoms with E-state index in [4.69, 9.17) is 0 Å². The van der Waals surface area contributed by atoms with Crippen molar-refractivity contribution >= 4 is 16.0 Å². The summed E-state index contributed by atoms with van der Waals surface area (Å²) in [6.45, 7) is -1.91. The fourth-order valence-corrected chi connectivity index (χ4v) is 2.49. The van der Waals surface area contributed by atoms with Gasteiger partial charge in [-0.25, -0.2) is 0 Å². The molecule has 0 bridgehead atoms. The Labute approximate surface area is 90.8 Å². The number of rotatable bonds is 3. The van der Waals surface area contributed by atoms with Crippen LogP contribution >= 0.6 is 0 Å². The van der Waals surface area contributed by atoms with Crippen LogP contribution in [0.4, 0.5) is 13.2 Å². The van der Waals surface area contributed by atoms with Crippen LogP contribution < -0.4 is 4.72 Å². The first kappa shape index (κ1) is 13.4. The second-order valence-electron chi connectivity index (χ2n) is 3.42. The SMILES string of the molecule is O=C1CCCN(S(=O)(=O)NCC(F)(F)F)C1. The molecule has 0 aromatic heterocycles. The van der Waals surface area contributed by atoms with E-state index in [1.54, 1.807) is 0 Å². The molecule has 5 nitrogen and oxygen atoms in total. The van der Waals surface area contributed by atoms with Crippen LogP contribution in [-0.2, 0) is 15.0 Å². The number of carbonyl (C=O) groups is 1. The van der Waals surface area contributed by atoms with E-state index in [9.17, 15) is 26.4 Å². The number of hydrogen-bond donors (Lipinski definition) is 1. The van der Waals surface area contributed by atoms with Gasteiger partial charge in [-0.05, 0) is 6.42 Å². The fourth-order valence-electron chi connectivity index (χ4n) is 1.28. The number of nitrogens with zero attached hydrogens (tertiary/aromatic N) is 1. The molecule has 0 unspecified atom stereocenters. The van der Waals surface area contributed by atoms with Gasteiger partial charge in [-0.15, -0.1) is 0 Å². The summed E-state index contributed by atoms with van der Waals surface area (Å²) >= 11 is 0. The molecule has 1 N–H and O–H groups in total. The van der Waals surface area contributed by atoms with E-state index in [0.29, 0.717) is 6.42 Å². The van der Waals surface area contributed by atoms with Crippen molar-refractivity contribution in [2.24, 2.45) is 0 Å². The number of halogens is 3. The lowest BCUT2D eigenvalue weighted by Gasteiger charge is -2.25. The highest BCUT2D eigenvalue weighted by Gasteiger charge is 2.33. The van der Waals surface area contributed by atoms with Crippen molar-refractivity contribution in [2.45, 2.75) is 19.0 Å². The molecule has 94 valence electrons. The molecule has 1 aliphatic rings. The van der Waals surface area contributed by atoms with Crippen LogP contribution in [0.3, 0.4) is 0 Å². The van der Waals surface area contributed by atoms with Gasteiger partial charge in [0.25, 0.3) is 10.2 Å². The van der Waals surface area contributed by atoms with Crippen LogP contribution in [0.5, 0.6) is 0 Å². The van der Waals surface area contributed by atoms with Gasteiger partial charge in [0.2, 0.25) is 0 Å². The molecule has 0 spiro atoms. The van der Waals surface area contributed by atoms with E-state index in [1.165, 1.54) is 4.72 Å². The molecule has 0 amide bonds. The zero-order valence-corrected chi connectivity index (χ0v) is 9.07. The summed E-state index contributed by atoms with van der Waals surface area (Å²) in [6.07, 6.45) is -4.00. The Balaban J connectivity index is 2.60. The molecule has 1 fully saturated rings. The number of piperidine rings is 1. The third-order valence-corrected chi connectivity index (χ3v) is 3.51. The van der Waals surface area contributed by atoms with Crippen LogP contribution in [0.15, 0.2) is 0 Å². The van der Waals surface area contributed by atoms with Crippen molar-refractivity contribution in [1.29, 1.82) is 0 Å². The van der Waals surface area contributed by atoms with Crippen molar-refractivity contribution < 1.29 is 26.4 Å². The third-order valence-electron chi connectivity index (χ3n) is 2.01. The van der Waals surface area contributed by atoms with Crippen molar-refractivity contribution in [3.05, 3.63) is 0 Å². The van der Waals surface area contributed by atoms with E-state index in [-0.39, 0.29) is 25.3 Å². The molecule has 0 radical (unpaired) electrons. The minimum atomic E-state index is -4.60. The van der Waals surface area contributed by atoms with Gasteiger partial charge < -0.3 is 0 Å². The first-order chi connectivity index (χ1) is 7.21. The number of ketones is 1. The highest BCUT2D eigenvalue weighted by atomic mass is 32.2. The van der Waals surface area contributed by atoms with Crippen LogP contribution in [0.25, 0.3) is 0 Å². The maximum Gasteiger partial charge on any atom is 0.402 e. The zero-order valence-electron chi connectivity index (χ0n) is 8.25. The molecule has 1 rings (SSSR count). The average molecular weight is 260 g/mol. The monoisotopic (exact) mass is 260 g/mol. The van der Waals surface area contributed by atoms with Gasteiger partial charge in [0.05, 0.1) is 6.54 Å². The van der Waals surface area contributed by atoms with Crippen molar-refractivity contribution in [1.82, 2.24) is 9.03 Å². The predicted molar refractivity (Wildman–Crippen MR) is 48.8 cm³/mol. The first-order valence-electron chi connectivity index (χ1n) is 4.54. The Hall–Kier alpha value is -0.670. The highest BCUT2D eigenvalue weighted by molar-refractivity contribution is 7.87. The molecule has 1 saturated heterocycles. The molecule has 1 heterocycles. The minimum absolute atomic E-state index is 0.0684. The van der Waals surface area contributed by atoms with Gasteiger partial charge in [-0.3, -0.25) is 4.79 Å². The van der Waals surface area contributed by atoms with E-state index < -0.39 is 22.9 Å². The quantitative estimate of drug-likeness (QED) is 0.779. The second-order valence-corrected chi connectivity index (χ2v) is 5.17. The van der Waals surface area contributed by atoms with Crippen molar-refractivity contribution in [2.75, 3.05) is 19.6 Å². The fraction of sp³-hybridized carbons (Fsp3) is 0.857. The molecule has 0 aliphatic carbocycles. The van der Waals surface area contributed by atoms with Crippen molar-refractivity contribution in [3.8, 4) is 0 Å². The highest BCUT2D eigenvalue weighted by Crippen LogP contribution is 2.14. The Kier molecular flexibility index (Phi) is 3.92. The Morgan fingerprint density at radius 2 is 2.00 bits per heavy atom. The predicted octanol–water partition coefficient (Wildman–Crippen LogP) is 0.0480. The van der Waals surface area contributed by atoms with Gasteiger partial charge in [0.15, 0.2) is 0 Å². The number of carbonyl (C=O) groups excluding carboxylic acids is 1. The summed E-state index contributed by atoms with van der Waals surface area (Å²) in [5, 5.41) is 0. The third kappa shape index (κ3) is 4.06. The molecule has 0 aromatic carbocycles. The maximum atomic E-state index is 11.8. The van der Waals surface area contributed by atoms with Gasteiger partial charge in [0.1, 0.15) is 12.3 Å². The molecule has 9 heteroatoms. The molecular weight excluding hydrogens is 249 g/mol. The molecule has 0 saturated carbocycles. The molecule has 0 atom stereocenters. The maximum absolute atomic E-state index is 11.8. The van der Waals surface area contributed by atoms with Gasteiger partial charge in [0, 0.05) is 13.0 Å². The smallest absolute Gasteiger partial charge is 0.298 e. The topological polar surface area (TPSA) is 66.5 Å². The summed E-state index contributed by atoms with van der Waals surface area (Å²) in [5.74, 6) is -0.288. The summed E-state index contributed by atoms with van der Waals surface area (Å²) in [5.41, 5.74) is 0.